The fourth-order valence-electron chi connectivity index (χ4n) is 3.27. The van der Waals surface area contributed by atoms with Crippen molar-refractivity contribution in [3.05, 3.63) is 41.7 Å². The smallest absolute Gasteiger partial charge is 0.226 e. The lowest BCUT2D eigenvalue weighted by Crippen LogP contribution is -2.09. The maximum atomic E-state index is 5.39. The number of nitrogens with zero attached hydrogens (tertiary/aromatic N) is 5. The summed E-state index contributed by atoms with van der Waals surface area (Å²) in [6, 6.07) is 5.91. The molecule has 0 spiro atoms. The number of pyridine rings is 1. The van der Waals surface area contributed by atoms with Crippen molar-refractivity contribution in [3.8, 4) is 17.2 Å². The molecule has 0 saturated carbocycles. The maximum Gasteiger partial charge on any atom is 0.226 e. The van der Waals surface area contributed by atoms with Crippen LogP contribution in [0.5, 0.6) is 0 Å². The SMILES string of the molecule is Cc1cc(C)n(-c2ccc(-c3noc(CCC4CCNC4)n3)cn2)n1.Cl. The monoisotopic (exact) mass is 374 g/mol. The minimum Gasteiger partial charge on any atom is -0.339 e. The normalized spacial score (nSPS) is 16.6. The predicted octanol–water partition coefficient (Wildman–Crippen LogP) is 2.90. The van der Waals surface area contributed by atoms with Gasteiger partial charge >= 0.3 is 0 Å². The number of halogens is 1. The zero-order valence-electron chi connectivity index (χ0n) is 15.0. The minimum absolute atomic E-state index is 0. The van der Waals surface area contributed by atoms with Crippen LogP contribution in [0.15, 0.2) is 28.9 Å². The number of hydrogen-bond acceptors (Lipinski definition) is 6. The fourth-order valence-corrected chi connectivity index (χ4v) is 3.27. The van der Waals surface area contributed by atoms with Crippen molar-refractivity contribution in [2.45, 2.75) is 33.1 Å². The van der Waals surface area contributed by atoms with Gasteiger partial charge in [-0.25, -0.2) is 9.67 Å². The molecule has 0 amide bonds. The standard InChI is InChI=1S/C18H22N6O.ClH/c1-12-9-13(2)24(22-12)16-5-4-15(11-20-16)18-21-17(25-23-18)6-3-14-7-8-19-10-14;/h4-5,9,11,14,19H,3,6-8,10H2,1-2H3;1H. The van der Waals surface area contributed by atoms with Gasteiger partial charge in [-0.15, -0.1) is 12.4 Å². The van der Waals surface area contributed by atoms with E-state index in [2.05, 4.69) is 25.5 Å². The van der Waals surface area contributed by atoms with Crippen molar-refractivity contribution in [2.24, 2.45) is 5.92 Å². The van der Waals surface area contributed by atoms with Gasteiger partial charge < -0.3 is 9.84 Å². The molecule has 1 atom stereocenters. The van der Waals surface area contributed by atoms with Gasteiger partial charge in [0.25, 0.3) is 0 Å². The van der Waals surface area contributed by atoms with E-state index in [4.69, 9.17) is 4.52 Å². The van der Waals surface area contributed by atoms with E-state index in [1.54, 1.807) is 6.20 Å². The summed E-state index contributed by atoms with van der Waals surface area (Å²) in [7, 11) is 0. The minimum atomic E-state index is 0. The van der Waals surface area contributed by atoms with Crippen molar-refractivity contribution >= 4 is 12.4 Å². The molecule has 0 aromatic carbocycles. The van der Waals surface area contributed by atoms with E-state index >= 15 is 0 Å². The van der Waals surface area contributed by atoms with Crippen LogP contribution in [0.2, 0.25) is 0 Å². The van der Waals surface area contributed by atoms with Crippen molar-refractivity contribution in [1.29, 1.82) is 0 Å². The quantitative estimate of drug-likeness (QED) is 0.739. The Balaban J connectivity index is 0.00000196. The van der Waals surface area contributed by atoms with Gasteiger partial charge in [0, 0.05) is 23.9 Å². The van der Waals surface area contributed by atoms with Gasteiger partial charge in [-0.05, 0) is 63.9 Å². The first-order chi connectivity index (χ1) is 12.2. The molecule has 4 rings (SSSR count). The summed E-state index contributed by atoms with van der Waals surface area (Å²) < 4.78 is 7.22. The van der Waals surface area contributed by atoms with E-state index < -0.39 is 0 Å². The van der Waals surface area contributed by atoms with Gasteiger partial charge in [0.05, 0.1) is 5.69 Å². The summed E-state index contributed by atoms with van der Waals surface area (Å²) in [4.78, 5) is 8.99. The molecular weight excluding hydrogens is 352 g/mol. The second-order valence-electron chi connectivity index (χ2n) is 6.65. The third-order valence-corrected chi connectivity index (χ3v) is 4.63. The van der Waals surface area contributed by atoms with Crippen molar-refractivity contribution < 1.29 is 4.52 Å². The number of aromatic nitrogens is 5. The summed E-state index contributed by atoms with van der Waals surface area (Å²) in [6.45, 7) is 6.20. The van der Waals surface area contributed by atoms with Crippen molar-refractivity contribution in [2.75, 3.05) is 13.1 Å². The molecule has 0 radical (unpaired) electrons. The van der Waals surface area contributed by atoms with Crippen LogP contribution in [0.4, 0.5) is 0 Å². The Kier molecular flexibility index (Phi) is 5.68. The Morgan fingerprint density at radius 2 is 2.19 bits per heavy atom. The van der Waals surface area contributed by atoms with E-state index in [0.717, 1.165) is 54.6 Å². The average Bonchev–Trinajstić information content (AvgIpc) is 3.34. The van der Waals surface area contributed by atoms with Crippen molar-refractivity contribution in [3.63, 3.8) is 0 Å². The molecule has 1 aliphatic rings. The zero-order chi connectivity index (χ0) is 17.2. The third-order valence-electron chi connectivity index (χ3n) is 4.63. The van der Waals surface area contributed by atoms with Gasteiger partial charge in [0.15, 0.2) is 5.82 Å². The topological polar surface area (TPSA) is 81.7 Å². The Labute approximate surface area is 158 Å². The lowest BCUT2D eigenvalue weighted by atomic mass is 10.0. The molecule has 3 aromatic heterocycles. The highest BCUT2D eigenvalue weighted by molar-refractivity contribution is 5.85. The van der Waals surface area contributed by atoms with Crippen LogP contribution >= 0.6 is 12.4 Å². The second kappa shape index (κ2) is 7.97. The van der Waals surface area contributed by atoms with Crippen LogP contribution in [0.3, 0.4) is 0 Å². The lowest BCUT2D eigenvalue weighted by molar-refractivity contribution is 0.365. The molecular formula is C18H23ClN6O. The Morgan fingerprint density at radius 3 is 2.85 bits per heavy atom. The average molecular weight is 375 g/mol. The molecule has 7 nitrogen and oxygen atoms in total. The van der Waals surface area contributed by atoms with Crippen LogP contribution in [-0.2, 0) is 6.42 Å². The number of hydrogen-bond donors (Lipinski definition) is 1. The second-order valence-corrected chi connectivity index (χ2v) is 6.65. The Hall–Kier alpha value is -2.25. The van der Waals surface area contributed by atoms with E-state index in [0.29, 0.717) is 11.7 Å². The fraction of sp³-hybridized carbons (Fsp3) is 0.444. The predicted molar refractivity (Wildman–Crippen MR) is 101 cm³/mol. The third kappa shape index (κ3) is 3.94. The van der Waals surface area contributed by atoms with Crippen LogP contribution in [0, 0.1) is 19.8 Å². The molecule has 1 saturated heterocycles. The highest BCUT2D eigenvalue weighted by atomic mass is 35.5. The summed E-state index contributed by atoms with van der Waals surface area (Å²) in [5, 5.41) is 11.9. The number of rotatable bonds is 5. The van der Waals surface area contributed by atoms with Gasteiger partial charge in [-0.1, -0.05) is 5.16 Å². The van der Waals surface area contributed by atoms with Crippen molar-refractivity contribution in [1.82, 2.24) is 30.2 Å². The first-order valence-corrected chi connectivity index (χ1v) is 8.72. The lowest BCUT2D eigenvalue weighted by Gasteiger charge is -2.04. The van der Waals surface area contributed by atoms with E-state index in [-0.39, 0.29) is 12.4 Å². The first-order valence-electron chi connectivity index (χ1n) is 8.72. The number of nitrogens with one attached hydrogen (secondary N) is 1. The molecule has 4 heterocycles. The largest absolute Gasteiger partial charge is 0.339 e. The highest BCUT2D eigenvalue weighted by Crippen LogP contribution is 2.19. The number of aryl methyl sites for hydroxylation is 3. The van der Waals surface area contributed by atoms with Crippen LogP contribution in [-0.4, -0.2) is 38.0 Å². The molecule has 8 heteroatoms. The molecule has 26 heavy (non-hydrogen) atoms. The molecule has 138 valence electrons. The van der Waals surface area contributed by atoms with Gasteiger partial charge in [0.1, 0.15) is 0 Å². The summed E-state index contributed by atoms with van der Waals surface area (Å²) >= 11 is 0. The molecule has 1 aliphatic heterocycles. The Morgan fingerprint density at radius 1 is 1.31 bits per heavy atom. The summed E-state index contributed by atoms with van der Waals surface area (Å²) in [6.07, 6.45) is 4.92. The summed E-state index contributed by atoms with van der Waals surface area (Å²) in [5.41, 5.74) is 2.88. The van der Waals surface area contributed by atoms with Crippen LogP contribution < -0.4 is 5.32 Å². The van der Waals surface area contributed by atoms with E-state index in [1.807, 2.05) is 36.7 Å². The molecule has 0 bridgehead atoms. The molecule has 3 aromatic rings. The summed E-state index contributed by atoms with van der Waals surface area (Å²) in [5.74, 6) is 2.79. The van der Waals surface area contributed by atoms with E-state index in [1.165, 1.54) is 6.42 Å². The molecule has 0 aliphatic carbocycles. The first kappa shape index (κ1) is 18.5. The zero-order valence-corrected chi connectivity index (χ0v) is 15.8. The Bertz CT molecular complexity index is 851. The van der Waals surface area contributed by atoms with Crippen LogP contribution in [0.25, 0.3) is 17.2 Å². The molecule has 1 unspecified atom stereocenters. The van der Waals surface area contributed by atoms with Gasteiger partial charge in [-0.2, -0.15) is 10.1 Å². The highest BCUT2D eigenvalue weighted by Gasteiger charge is 2.16. The molecule has 1 fully saturated rings. The van der Waals surface area contributed by atoms with Gasteiger partial charge in [0.2, 0.25) is 11.7 Å². The van der Waals surface area contributed by atoms with Crippen LogP contribution in [0.1, 0.15) is 30.1 Å². The molecule has 1 N–H and O–H groups in total. The van der Waals surface area contributed by atoms with E-state index in [9.17, 15) is 0 Å². The van der Waals surface area contributed by atoms with Gasteiger partial charge in [-0.3, -0.25) is 0 Å². The maximum absolute atomic E-state index is 5.39.